The summed E-state index contributed by atoms with van der Waals surface area (Å²) in [4.78, 5) is 11.2. The molecule has 18 heavy (non-hydrogen) atoms. The molecule has 0 aliphatic carbocycles. The zero-order valence-corrected chi connectivity index (χ0v) is 11.5. The molecule has 2 rings (SSSR count). The topological polar surface area (TPSA) is 34.9 Å². The second kappa shape index (κ2) is 6.74. The standard InChI is InChI=1S/C12H12N2O.C3H8/c1-9-3-5-10(6-4-9)11-7-8-12(15)14(2)13-11;1-3-2/h3-8H,1-2H3;3H2,1-2H3. The molecule has 0 atom stereocenters. The Balaban J connectivity index is 0.000000492. The monoisotopic (exact) mass is 244 g/mol. The van der Waals surface area contributed by atoms with Crippen molar-refractivity contribution in [2.45, 2.75) is 27.2 Å². The fourth-order valence-electron chi connectivity index (χ4n) is 1.38. The van der Waals surface area contributed by atoms with Gasteiger partial charge in [-0.1, -0.05) is 50.1 Å². The van der Waals surface area contributed by atoms with E-state index in [9.17, 15) is 4.79 Å². The van der Waals surface area contributed by atoms with Crippen LogP contribution in [0.5, 0.6) is 0 Å². The molecule has 0 radical (unpaired) electrons. The molecule has 1 heterocycles. The number of aryl methyl sites for hydroxylation is 2. The van der Waals surface area contributed by atoms with Crippen molar-refractivity contribution in [1.82, 2.24) is 9.78 Å². The van der Waals surface area contributed by atoms with Gasteiger partial charge in [-0.2, -0.15) is 5.10 Å². The molecule has 1 aromatic heterocycles. The summed E-state index contributed by atoms with van der Waals surface area (Å²) in [6.07, 6.45) is 1.25. The number of benzene rings is 1. The van der Waals surface area contributed by atoms with Gasteiger partial charge in [-0.05, 0) is 13.0 Å². The van der Waals surface area contributed by atoms with Crippen LogP contribution in [0, 0.1) is 6.92 Å². The van der Waals surface area contributed by atoms with Gasteiger partial charge in [0.05, 0.1) is 5.69 Å². The first-order valence-electron chi connectivity index (χ1n) is 6.19. The van der Waals surface area contributed by atoms with E-state index in [1.807, 2.05) is 31.2 Å². The van der Waals surface area contributed by atoms with Crippen LogP contribution in [0.15, 0.2) is 41.2 Å². The van der Waals surface area contributed by atoms with Crippen LogP contribution in [0.1, 0.15) is 25.8 Å². The van der Waals surface area contributed by atoms with Crippen LogP contribution < -0.4 is 5.56 Å². The maximum atomic E-state index is 11.2. The normalized spacial score (nSPS) is 9.56. The quantitative estimate of drug-likeness (QED) is 0.772. The van der Waals surface area contributed by atoms with E-state index in [0.717, 1.165) is 11.3 Å². The molecule has 3 heteroatoms. The molecule has 0 aliphatic heterocycles. The highest BCUT2D eigenvalue weighted by Crippen LogP contribution is 2.15. The Kier molecular flexibility index (Phi) is 5.31. The van der Waals surface area contributed by atoms with Crippen molar-refractivity contribution in [3.63, 3.8) is 0 Å². The summed E-state index contributed by atoms with van der Waals surface area (Å²) in [7, 11) is 1.65. The summed E-state index contributed by atoms with van der Waals surface area (Å²) in [5, 5.41) is 4.18. The molecule has 1 aromatic carbocycles. The highest BCUT2D eigenvalue weighted by molar-refractivity contribution is 5.58. The van der Waals surface area contributed by atoms with Crippen molar-refractivity contribution in [3.8, 4) is 11.3 Å². The van der Waals surface area contributed by atoms with E-state index >= 15 is 0 Å². The molecule has 0 fully saturated rings. The lowest BCUT2D eigenvalue weighted by Gasteiger charge is -2.02. The molecule has 0 bridgehead atoms. The predicted molar refractivity (Wildman–Crippen MR) is 75.6 cm³/mol. The lowest BCUT2D eigenvalue weighted by molar-refractivity contribution is 0.712. The maximum absolute atomic E-state index is 11.2. The molecule has 0 amide bonds. The summed E-state index contributed by atoms with van der Waals surface area (Å²) in [5.74, 6) is 0. The van der Waals surface area contributed by atoms with E-state index in [2.05, 4.69) is 18.9 Å². The second-order valence-electron chi connectivity index (χ2n) is 4.25. The van der Waals surface area contributed by atoms with E-state index in [-0.39, 0.29) is 5.56 Å². The summed E-state index contributed by atoms with van der Waals surface area (Å²) < 4.78 is 1.34. The van der Waals surface area contributed by atoms with Crippen LogP contribution in [-0.4, -0.2) is 9.78 Å². The number of hydrogen-bond donors (Lipinski definition) is 0. The molecule has 96 valence electrons. The molecule has 0 N–H and O–H groups in total. The average molecular weight is 244 g/mol. The summed E-state index contributed by atoms with van der Waals surface area (Å²) in [6, 6.07) is 11.3. The van der Waals surface area contributed by atoms with Crippen LogP contribution in [0.3, 0.4) is 0 Å². The van der Waals surface area contributed by atoms with Crippen molar-refractivity contribution in [2.24, 2.45) is 7.05 Å². The van der Waals surface area contributed by atoms with Gasteiger partial charge in [0, 0.05) is 18.7 Å². The second-order valence-corrected chi connectivity index (χ2v) is 4.25. The Morgan fingerprint density at radius 2 is 1.61 bits per heavy atom. The molecular formula is C15H20N2O. The van der Waals surface area contributed by atoms with Crippen molar-refractivity contribution in [2.75, 3.05) is 0 Å². The van der Waals surface area contributed by atoms with Crippen molar-refractivity contribution >= 4 is 0 Å². The molecule has 0 unspecified atom stereocenters. The molecule has 0 aliphatic rings. The molecular weight excluding hydrogens is 224 g/mol. The Bertz CT molecular complexity index is 541. The predicted octanol–water partition coefficient (Wildman–Crippen LogP) is 3.17. The third-order valence-electron chi connectivity index (χ3n) is 2.31. The first-order chi connectivity index (χ1) is 8.58. The van der Waals surface area contributed by atoms with E-state index in [1.54, 1.807) is 13.1 Å². The van der Waals surface area contributed by atoms with Gasteiger partial charge in [-0.25, -0.2) is 4.68 Å². The lowest BCUT2D eigenvalue weighted by atomic mass is 10.1. The molecule has 0 spiro atoms. The zero-order chi connectivity index (χ0) is 13.5. The largest absolute Gasteiger partial charge is 0.268 e. The van der Waals surface area contributed by atoms with E-state index in [4.69, 9.17) is 0 Å². The minimum atomic E-state index is -0.0918. The Morgan fingerprint density at radius 3 is 2.11 bits per heavy atom. The fourth-order valence-corrected chi connectivity index (χ4v) is 1.38. The fraction of sp³-hybridized carbons (Fsp3) is 0.333. The van der Waals surface area contributed by atoms with Gasteiger partial charge in [0.1, 0.15) is 0 Å². The SMILES string of the molecule is CCC.Cc1ccc(-c2ccc(=O)n(C)n2)cc1. The Morgan fingerprint density at radius 1 is 1.06 bits per heavy atom. The first-order valence-corrected chi connectivity index (χ1v) is 6.19. The first kappa shape index (κ1) is 14.2. The van der Waals surface area contributed by atoms with Crippen LogP contribution in [0.2, 0.25) is 0 Å². The smallest absolute Gasteiger partial charge is 0.266 e. The third-order valence-corrected chi connectivity index (χ3v) is 2.31. The van der Waals surface area contributed by atoms with Crippen LogP contribution >= 0.6 is 0 Å². The highest BCUT2D eigenvalue weighted by Gasteiger charge is 2.00. The van der Waals surface area contributed by atoms with Gasteiger partial charge in [0.25, 0.3) is 5.56 Å². The van der Waals surface area contributed by atoms with Crippen LogP contribution in [0.25, 0.3) is 11.3 Å². The molecule has 3 nitrogen and oxygen atoms in total. The van der Waals surface area contributed by atoms with Crippen LogP contribution in [0.4, 0.5) is 0 Å². The van der Waals surface area contributed by atoms with Crippen molar-refractivity contribution in [1.29, 1.82) is 0 Å². The van der Waals surface area contributed by atoms with Crippen molar-refractivity contribution < 1.29 is 0 Å². The van der Waals surface area contributed by atoms with E-state index in [0.29, 0.717) is 0 Å². The Labute approximate surface area is 108 Å². The zero-order valence-electron chi connectivity index (χ0n) is 11.5. The third kappa shape index (κ3) is 3.84. The van der Waals surface area contributed by atoms with Crippen molar-refractivity contribution in [3.05, 3.63) is 52.3 Å². The lowest BCUT2D eigenvalue weighted by Crippen LogP contribution is -2.18. The Hall–Kier alpha value is -1.90. The number of hydrogen-bond acceptors (Lipinski definition) is 2. The number of nitrogens with zero attached hydrogens (tertiary/aromatic N) is 2. The highest BCUT2D eigenvalue weighted by atomic mass is 16.1. The minimum Gasteiger partial charge on any atom is -0.268 e. The molecule has 0 saturated heterocycles. The number of rotatable bonds is 1. The van der Waals surface area contributed by atoms with Gasteiger partial charge in [0.2, 0.25) is 0 Å². The van der Waals surface area contributed by atoms with Gasteiger partial charge < -0.3 is 0 Å². The summed E-state index contributed by atoms with van der Waals surface area (Å²) in [6.45, 7) is 6.29. The van der Waals surface area contributed by atoms with Gasteiger partial charge in [0.15, 0.2) is 0 Å². The minimum absolute atomic E-state index is 0.0918. The van der Waals surface area contributed by atoms with E-state index < -0.39 is 0 Å². The molecule has 0 saturated carbocycles. The maximum Gasteiger partial charge on any atom is 0.266 e. The van der Waals surface area contributed by atoms with Gasteiger partial charge >= 0.3 is 0 Å². The average Bonchev–Trinajstić information content (AvgIpc) is 2.35. The van der Waals surface area contributed by atoms with E-state index in [1.165, 1.54) is 22.7 Å². The molecule has 2 aromatic rings. The summed E-state index contributed by atoms with van der Waals surface area (Å²) >= 11 is 0. The summed E-state index contributed by atoms with van der Waals surface area (Å²) in [5.41, 5.74) is 2.96. The number of aromatic nitrogens is 2. The van der Waals surface area contributed by atoms with Crippen LogP contribution in [-0.2, 0) is 7.05 Å². The van der Waals surface area contributed by atoms with Gasteiger partial charge in [-0.15, -0.1) is 0 Å². The van der Waals surface area contributed by atoms with Gasteiger partial charge in [-0.3, -0.25) is 4.79 Å².